The highest BCUT2D eigenvalue weighted by Crippen LogP contribution is 2.21. The number of carbonyl (C=O) groups excluding carboxylic acids is 1. The molecule has 3 rings (SSSR count). The fourth-order valence-corrected chi connectivity index (χ4v) is 2.88. The maximum absolute atomic E-state index is 12.0. The molecular formula is C16H22N2O. The second kappa shape index (κ2) is 5.33. The number of benzene rings is 1. The van der Waals surface area contributed by atoms with Gasteiger partial charge in [0.1, 0.15) is 0 Å². The van der Waals surface area contributed by atoms with Gasteiger partial charge in [0, 0.05) is 26.2 Å². The number of carbonyl (C=O) groups is 1. The lowest BCUT2D eigenvalue weighted by atomic mass is 9.96. The topological polar surface area (TPSA) is 23.6 Å². The molecule has 1 amide bonds. The molecule has 2 heterocycles. The van der Waals surface area contributed by atoms with Gasteiger partial charge in [-0.3, -0.25) is 9.69 Å². The van der Waals surface area contributed by atoms with E-state index in [0.717, 1.165) is 39.0 Å². The third kappa shape index (κ3) is 2.66. The number of hydrogen-bond donors (Lipinski definition) is 0. The highest BCUT2D eigenvalue weighted by Gasteiger charge is 2.24. The predicted molar refractivity (Wildman–Crippen MR) is 76.0 cm³/mol. The standard InChI is InChI=1S/C16H22N2O/c1-2-13-4-5-15-11-17(9-6-14(15)10-13)12-16(19)18-7-3-8-18/h4-5,10H,2-3,6-9,11-12H2,1H3. The Balaban J connectivity index is 1.63. The van der Waals surface area contributed by atoms with Crippen LogP contribution in [0.3, 0.4) is 0 Å². The number of fused-ring (bicyclic) bond motifs is 1. The molecule has 0 atom stereocenters. The van der Waals surface area contributed by atoms with E-state index in [1.165, 1.54) is 23.1 Å². The molecule has 0 radical (unpaired) electrons. The minimum atomic E-state index is 0.305. The summed E-state index contributed by atoms with van der Waals surface area (Å²) < 4.78 is 0. The first-order valence-electron chi connectivity index (χ1n) is 7.37. The lowest BCUT2D eigenvalue weighted by molar-refractivity contribution is -0.136. The van der Waals surface area contributed by atoms with Crippen molar-refractivity contribution in [2.45, 2.75) is 32.7 Å². The van der Waals surface area contributed by atoms with Crippen molar-refractivity contribution in [1.82, 2.24) is 9.80 Å². The second-order valence-electron chi connectivity index (χ2n) is 5.65. The summed E-state index contributed by atoms with van der Waals surface area (Å²) in [5, 5.41) is 0. The van der Waals surface area contributed by atoms with Gasteiger partial charge in [-0.05, 0) is 36.0 Å². The van der Waals surface area contributed by atoms with E-state index in [4.69, 9.17) is 0 Å². The van der Waals surface area contributed by atoms with Crippen LogP contribution >= 0.6 is 0 Å². The summed E-state index contributed by atoms with van der Waals surface area (Å²) >= 11 is 0. The van der Waals surface area contributed by atoms with Crippen molar-refractivity contribution in [3.05, 3.63) is 34.9 Å². The van der Waals surface area contributed by atoms with Gasteiger partial charge >= 0.3 is 0 Å². The van der Waals surface area contributed by atoms with E-state index in [9.17, 15) is 4.79 Å². The fraction of sp³-hybridized carbons (Fsp3) is 0.562. The first-order chi connectivity index (χ1) is 9.26. The van der Waals surface area contributed by atoms with Crippen LogP contribution < -0.4 is 0 Å². The molecule has 102 valence electrons. The van der Waals surface area contributed by atoms with Gasteiger partial charge in [0.2, 0.25) is 5.91 Å². The van der Waals surface area contributed by atoms with E-state index in [0.29, 0.717) is 12.5 Å². The van der Waals surface area contributed by atoms with E-state index in [2.05, 4.69) is 30.0 Å². The van der Waals surface area contributed by atoms with Crippen molar-refractivity contribution in [2.24, 2.45) is 0 Å². The van der Waals surface area contributed by atoms with Gasteiger partial charge in [0.05, 0.1) is 6.54 Å². The monoisotopic (exact) mass is 258 g/mol. The second-order valence-corrected chi connectivity index (χ2v) is 5.65. The van der Waals surface area contributed by atoms with Crippen LogP contribution in [0.2, 0.25) is 0 Å². The molecule has 2 aliphatic rings. The molecule has 0 N–H and O–H groups in total. The third-order valence-electron chi connectivity index (χ3n) is 4.34. The van der Waals surface area contributed by atoms with Crippen molar-refractivity contribution < 1.29 is 4.79 Å². The molecule has 2 aliphatic heterocycles. The Morgan fingerprint density at radius 2 is 2.05 bits per heavy atom. The Labute approximate surface area is 115 Å². The average Bonchev–Trinajstić information content (AvgIpc) is 2.36. The maximum Gasteiger partial charge on any atom is 0.236 e. The lowest BCUT2D eigenvalue weighted by Gasteiger charge is -2.35. The summed E-state index contributed by atoms with van der Waals surface area (Å²) in [6, 6.07) is 6.80. The van der Waals surface area contributed by atoms with Gasteiger partial charge in [-0.25, -0.2) is 0 Å². The molecule has 0 unspecified atom stereocenters. The van der Waals surface area contributed by atoms with Gasteiger partial charge in [-0.15, -0.1) is 0 Å². The number of rotatable bonds is 3. The summed E-state index contributed by atoms with van der Waals surface area (Å²) in [6.07, 6.45) is 3.36. The van der Waals surface area contributed by atoms with Crippen LogP contribution in [0, 0.1) is 0 Å². The van der Waals surface area contributed by atoms with E-state index >= 15 is 0 Å². The predicted octanol–water partition coefficient (Wildman–Crippen LogP) is 1.84. The minimum Gasteiger partial charge on any atom is -0.341 e. The van der Waals surface area contributed by atoms with Crippen LogP contribution in [0.4, 0.5) is 0 Å². The van der Waals surface area contributed by atoms with Crippen molar-refractivity contribution in [3.63, 3.8) is 0 Å². The van der Waals surface area contributed by atoms with Crippen molar-refractivity contribution in [2.75, 3.05) is 26.2 Å². The highest BCUT2D eigenvalue weighted by atomic mass is 16.2. The fourth-order valence-electron chi connectivity index (χ4n) is 2.88. The molecule has 1 saturated heterocycles. The first-order valence-corrected chi connectivity index (χ1v) is 7.37. The molecule has 3 heteroatoms. The van der Waals surface area contributed by atoms with Crippen LogP contribution in [0.15, 0.2) is 18.2 Å². The molecule has 0 spiro atoms. The van der Waals surface area contributed by atoms with Crippen LogP contribution in [0.25, 0.3) is 0 Å². The van der Waals surface area contributed by atoms with E-state index in [-0.39, 0.29) is 0 Å². The van der Waals surface area contributed by atoms with E-state index < -0.39 is 0 Å². The molecule has 0 aromatic heterocycles. The largest absolute Gasteiger partial charge is 0.341 e. The summed E-state index contributed by atoms with van der Waals surface area (Å²) in [7, 11) is 0. The van der Waals surface area contributed by atoms with Crippen molar-refractivity contribution in [3.8, 4) is 0 Å². The lowest BCUT2D eigenvalue weighted by Crippen LogP contribution is -2.47. The van der Waals surface area contributed by atoms with E-state index in [1.807, 2.05) is 4.90 Å². The Hall–Kier alpha value is -1.35. The first kappa shape index (κ1) is 12.7. The number of aryl methyl sites for hydroxylation is 1. The normalized spacial score (nSPS) is 18.9. The van der Waals surface area contributed by atoms with Crippen LogP contribution in [0.5, 0.6) is 0 Å². The summed E-state index contributed by atoms with van der Waals surface area (Å²) in [4.78, 5) is 16.2. The molecule has 19 heavy (non-hydrogen) atoms. The molecular weight excluding hydrogens is 236 g/mol. The van der Waals surface area contributed by atoms with Gasteiger partial charge in [0.15, 0.2) is 0 Å². The molecule has 0 aliphatic carbocycles. The highest BCUT2D eigenvalue weighted by molar-refractivity contribution is 5.79. The van der Waals surface area contributed by atoms with Crippen LogP contribution in [0.1, 0.15) is 30.0 Å². The van der Waals surface area contributed by atoms with Gasteiger partial charge in [-0.1, -0.05) is 25.1 Å². The molecule has 1 aromatic carbocycles. The SMILES string of the molecule is CCc1ccc2c(c1)CCN(CC(=O)N1CCC1)C2. The Morgan fingerprint density at radius 3 is 2.74 bits per heavy atom. The molecule has 1 fully saturated rings. The van der Waals surface area contributed by atoms with Crippen LogP contribution in [-0.4, -0.2) is 41.9 Å². The Kier molecular flexibility index (Phi) is 3.56. The number of amides is 1. The number of hydrogen-bond acceptors (Lipinski definition) is 2. The van der Waals surface area contributed by atoms with Gasteiger partial charge in [-0.2, -0.15) is 0 Å². The quantitative estimate of drug-likeness (QED) is 0.826. The third-order valence-corrected chi connectivity index (χ3v) is 4.34. The number of likely N-dealkylation sites (tertiary alicyclic amines) is 1. The number of nitrogens with zero attached hydrogens (tertiary/aromatic N) is 2. The molecule has 0 saturated carbocycles. The van der Waals surface area contributed by atoms with Gasteiger partial charge < -0.3 is 4.90 Å². The maximum atomic E-state index is 12.0. The van der Waals surface area contributed by atoms with Gasteiger partial charge in [0.25, 0.3) is 0 Å². The van der Waals surface area contributed by atoms with Crippen molar-refractivity contribution in [1.29, 1.82) is 0 Å². The summed E-state index contributed by atoms with van der Waals surface area (Å²) in [6.45, 7) is 6.66. The zero-order valence-electron chi connectivity index (χ0n) is 11.7. The molecule has 0 bridgehead atoms. The van der Waals surface area contributed by atoms with Crippen LogP contribution in [-0.2, 0) is 24.2 Å². The Morgan fingerprint density at radius 1 is 1.21 bits per heavy atom. The van der Waals surface area contributed by atoms with Crippen molar-refractivity contribution >= 4 is 5.91 Å². The summed E-state index contributed by atoms with van der Waals surface area (Å²) in [5.41, 5.74) is 4.30. The molecule has 3 nitrogen and oxygen atoms in total. The molecule has 1 aromatic rings. The average molecular weight is 258 g/mol. The minimum absolute atomic E-state index is 0.305. The summed E-state index contributed by atoms with van der Waals surface area (Å²) in [5.74, 6) is 0.305. The van der Waals surface area contributed by atoms with E-state index in [1.54, 1.807) is 0 Å². The zero-order chi connectivity index (χ0) is 13.2. The smallest absolute Gasteiger partial charge is 0.236 e. The zero-order valence-corrected chi connectivity index (χ0v) is 11.7. The Bertz CT molecular complexity index is 480.